The number of aromatic amines is 1. The van der Waals surface area contributed by atoms with E-state index in [0.717, 1.165) is 11.3 Å². The molecule has 0 fully saturated rings. The Morgan fingerprint density at radius 3 is 2.73 bits per heavy atom. The maximum Gasteiger partial charge on any atom is 0.261 e. The van der Waals surface area contributed by atoms with Crippen LogP contribution < -0.4 is 10.9 Å². The minimum absolute atomic E-state index is 0.234. The van der Waals surface area contributed by atoms with Crippen LogP contribution in [0.2, 0.25) is 0 Å². The van der Waals surface area contributed by atoms with Gasteiger partial charge in [-0.25, -0.2) is 9.97 Å². The summed E-state index contributed by atoms with van der Waals surface area (Å²) >= 11 is 1.19. The van der Waals surface area contributed by atoms with Gasteiger partial charge in [-0.1, -0.05) is 23.8 Å². The van der Waals surface area contributed by atoms with Gasteiger partial charge in [-0.3, -0.25) is 9.59 Å². The molecule has 0 aliphatic carbocycles. The third kappa shape index (κ3) is 3.77. The van der Waals surface area contributed by atoms with E-state index in [1.54, 1.807) is 13.0 Å². The number of aromatic nitrogens is 4. The fraction of sp³-hybridized carbons (Fsp3) is 0.353. The summed E-state index contributed by atoms with van der Waals surface area (Å²) in [7, 11) is 0. The predicted molar refractivity (Wildman–Crippen MR) is 99.4 cm³/mol. The largest absolute Gasteiger partial charge is 0.360 e. The van der Waals surface area contributed by atoms with Crippen molar-refractivity contribution < 1.29 is 9.32 Å². The zero-order valence-corrected chi connectivity index (χ0v) is 15.7. The summed E-state index contributed by atoms with van der Waals surface area (Å²) in [5, 5.41) is 6.84. The lowest BCUT2D eigenvalue weighted by Gasteiger charge is -2.13. The second-order valence-corrected chi connectivity index (χ2v) is 7.17. The van der Waals surface area contributed by atoms with Crippen molar-refractivity contribution in [1.82, 2.24) is 20.1 Å². The van der Waals surface area contributed by atoms with Gasteiger partial charge in [0, 0.05) is 11.8 Å². The lowest BCUT2D eigenvalue weighted by atomic mass is 10.2. The molecule has 0 aliphatic rings. The van der Waals surface area contributed by atoms with Crippen molar-refractivity contribution in [2.75, 3.05) is 5.32 Å². The maximum absolute atomic E-state index is 12.5. The van der Waals surface area contributed by atoms with E-state index in [9.17, 15) is 9.59 Å². The molecule has 8 nitrogen and oxygen atoms in total. The molecule has 0 unspecified atom stereocenters. The molecular weight excluding hydrogens is 354 g/mol. The maximum atomic E-state index is 12.5. The minimum atomic E-state index is -0.446. The van der Waals surface area contributed by atoms with Crippen molar-refractivity contribution in [3.8, 4) is 0 Å². The van der Waals surface area contributed by atoms with Crippen molar-refractivity contribution in [3.63, 3.8) is 0 Å². The Morgan fingerprint density at radius 2 is 2.08 bits per heavy atom. The van der Waals surface area contributed by atoms with Gasteiger partial charge in [0.2, 0.25) is 5.91 Å². The lowest BCUT2D eigenvalue weighted by Crippen LogP contribution is -2.25. The van der Waals surface area contributed by atoms with Crippen molar-refractivity contribution >= 4 is 34.5 Å². The highest BCUT2D eigenvalue weighted by Crippen LogP contribution is 2.24. The number of nitrogens with one attached hydrogen (secondary N) is 2. The standard InChI is InChI=1S/C17H19N5O3S/c1-5-11(15(23)19-12-7-10(4)25-22-12)26-17-20-14-13(16(24)21-17)8(2)6-9(3)18-14/h6-7,11H,5H2,1-4H3,(H,19,22,23)(H,18,20,21,24)/t11-/m1/s1. The Bertz CT molecular complexity index is 1030. The van der Waals surface area contributed by atoms with Crippen LogP contribution in [0.15, 0.2) is 26.6 Å². The number of hydrogen-bond donors (Lipinski definition) is 2. The van der Waals surface area contributed by atoms with Crippen LogP contribution in [0.25, 0.3) is 11.0 Å². The van der Waals surface area contributed by atoms with E-state index in [1.807, 2.05) is 26.8 Å². The molecule has 0 aromatic carbocycles. The Balaban J connectivity index is 1.86. The molecule has 3 aromatic rings. The molecule has 0 bridgehead atoms. The number of hydrogen-bond acceptors (Lipinski definition) is 7. The first-order chi connectivity index (χ1) is 12.4. The SMILES string of the molecule is CC[C@@H](Sc1nc2nc(C)cc(C)c2c(=O)[nH]1)C(=O)Nc1cc(C)on1. The second kappa shape index (κ2) is 7.28. The van der Waals surface area contributed by atoms with Crippen molar-refractivity contribution in [1.29, 1.82) is 0 Å². The number of amides is 1. The van der Waals surface area contributed by atoms with Gasteiger partial charge in [0.25, 0.3) is 5.56 Å². The first-order valence-corrected chi connectivity index (χ1v) is 9.04. The summed E-state index contributed by atoms with van der Waals surface area (Å²) in [6, 6.07) is 3.48. The molecule has 0 saturated heterocycles. The first kappa shape index (κ1) is 18.1. The van der Waals surface area contributed by atoms with Crippen LogP contribution in [0.3, 0.4) is 0 Å². The molecule has 9 heteroatoms. The molecule has 1 amide bonds. The second-order valence-electron chi connectivity index (χ2n) is 5.98. The van der Waals surface area contributed by atoms with E-state index in [-0.39, 0.29) is 11.5 Å². The quantitative estimate of drug-likeness (QED) is 0.522. The highest BCUT2D eigenvalue weighted by molar-refractivity contribution is 8.00. The Labute approximate surface area is 153 Å². The molecule has 136 valence electrons. The number of fused-ring (bicyclic) bond motifs is 1. The molecule has 0 aliphatic heterocycles. The summed E-state index contributed by atoms with van der Waals surface area (Å²) in [5.74, 6) is 0.736. The Hall–Kier alpha value is -2.68. The molecule has 2 N–H and O–H groups in total. The van der Waals surface area contributed by atoms with Gasteiger partial charge in [0.15, 0.2) is 16.6 Å². The van der Waals surface area contributed by atoms with Crippen molar-refractivity contribution in [2.24, 2.45) is 0 Å². The summed E-state index contributed by atoms with van der Waals surface area (Å²) < 4.78 is 4.94. The molecule has 0 spiro atoms. The number of anilines is 1. The smallest absolute Gasteiger partial charge is 0.261 e. The van der Waals surface area contributed by atoms with E-state index in [2.05, 4.69) is 25.4 Å². The number of nitrogens with zero attached hydrogens (tertiary/aromatic N) is 3. The third-order valence-corrected chi connectivity index (χ3v) is 5.03. The number of aryl methyl sites for hydroxylation is 3. The normalized spacial score (nSPS) is 12.3. The fourth-order valence-corrected chi connectivity index (χ4v) is 3.50. The third-order valence-electron chi connectivity index (χ3n) is 3.78. The molecule has 3 heterocycles. The van der Waals surface area contributed by atoms with E-state index in [4.69, 9.17) is 4.52 Å². The van der Waals surface area contributed by atoms with E-state index in [0.29, 0.717) is 34.2 Å². The Kier molecular flexibility index (Phi) is 5.08. The number of carbonyl (C=O) groups excluding carboxylic acids is 1. The molecule has 0 saturated carbocycles. The van der Waals surface area contributed by atoms with Gasteiger partial charge in [-0.05, 0) is 38.8 Å². The number of carbonyl (C=O) groups is 1. The number of H-pyrrole nitrogens is 1. The molecule has 3 aromatic heterocycles. The van der Waals surface area contributed by atoms with E-state index >= 15 is 0 Å². The van der Waals surface area contributed by atoms with Gasteiger partial charge in [0.1, 0.15) is 5.76 Å². The van der Waals surface area contributed by atoms with Crippen LogP contribution >= 0.6 is 11.8 Å². The zero-order valence-electron chi connectivity index (χ0n) is 14.9. The lowest BCUT2D eigenvalue weighted by molar-refractivity contribution is -0.115. The van der Waals surface area contributed by atoms with E-state index < -0.39 is 5.25 Å². The van der Waals surface area contributed by atoms with Crippen LogP contribution in [0.4, 0.5) is 5.82 Å². The average molecular weight is 373 g/mol. The van der Waals surface area contributed by atoms with Gasteiger partial charge < -0.3 is 14.8 Å². The molecule has 26 heavy (non-hydrogen) atoms. The Morgan fingerprint density at radius 1 is 1.31 bits per heavy atom. The van der Waals surface area contributed by atoms with E-state index in [1.165, 1.54) is 11.8 Å². The van der Waals surface area contributed by atoms with Crippen LogP contribution in [-0.2, 0) is 4.79 Å². The topological polar surface area (TPSA) is 114 Å². The van der Waals surface area contributed by atoms with Gasteiger partial charge in [-0.2, -0.15) is 0 Å². The van der Waals surface area contributed by atoms with Crippen LogP contribution in [0.1, 0.15) is 30.4 Å². The van der Waals surface area contributed by atoms with Crippen molar-refractivity contribution in [3.05, 3.63) is 39.5 Å². The highest BCUT2D eigenvalue weighted by Gasteiger charge is 2.21. The summed E-state index contributed by atoms with van der Waals surface area (Å²) in [5.41, 5.74) is 1.74. The number of rotatable bonds is 5. The summed E-state index contributed by atoms with van der Waals surface area (Å²) in [6.45, 7) is 7.33. The van der Waals surface area contributed by atoms with Crippen molar-refractivity contribution in [2.45, 2.75) is 44.5 Å². The average Bonchev–Trinajstić information content (AvgIpc) is 2.96. The molecule has 0 radical (unpaired) electrons. The molecule has 1 atom stereocenters. The molecular formula is C17H19N5O3S. The first-order valence-electron chi connectivity index (χ1n) is 8.16. The summed E-state index contributed by atoms with van der Waals surface area (Å²) in [6.07, 6.45) is 0.551. The predicted octanol–water partition coefficient (Wildman–Crippen LogP) is 2.74. The minimum Gasteiger partial charge on any atom is -0.360 e. The summed E-state index contributed by atoms with van der Waals surface area (Å²) in [4.78, 5) is 36.4. The molecule has 3 rings (SSSR count). The van der Waals surface area contributed by atoms with Crippen LogP contribution in [0.5, 0.6) is 0 Å². The number of pyridine rings is 1. The van der Waals surface area contributed by atoms with Crippen LogP contribution in [-0.4, -0.2) is 31.3 Å². The fourth-order valence-electron chi connectivity index (χ4n) is 2.61. The van der Waals surface area contributed by atoms with Gasteiger partial charge in [-0.15, -0.1) is 0 Å². The zero-order chi connectivity index (χ0) is 18.8. The van der Waals surface area contributed by atoms with Gasteiger partial charge in [0.05, 0.1) is 10.6 Å². The van der Waals surface area contributed by atoms with Gasteiger partial charge >= 0.3 is 0 Å². The van der Waals surface area contributed by atoms with Crippen LogP contribution in [0, 0.1) is 20.8 Å². The number of thioether (sulfide) groups is 1. The highest BCUT2D eigenvalue weighted by atomic mass is 32.2. The monoisotopic (exact) mass is 373 g/mol.